The zero-order valence-corrected chi connectivity index (χ0v) is 17.0. The van der Waals surface area contributed by atoms with Crippen LogP contribution < -0.4 is 5.32 Å². The third-order valence-electron chi connectivity index (χ3n) is 4.82. The van der Waals surface area contributed by atoms with Gasteiger partial charge in [0.25, 0.3) is 0 Å². The highest BCUT2D eigenvalue weighted by Gasteiger charge is 2.27. The van der Waals surface area contributed by atoms with Crippen LogP contribution in [0.5, 0.6) is 0 Å². The molecule has 1 atom stereocenters. The van der Waals surface area contributed by atoms with Gasteiger partial charge in [-0.1, -0.05) is 12.1 Å². The van der Waals surface area contributed by atoms with E-state index >= 15 is 0 Å². The summed E-state index contributed by atoms with van der Waals surface area (Å²) in [6, 6.07) is 12.1. The van der Waals surface area contributed by atoms with E-state index in [1.807, 2.05) is 18.4 Å². The molecule has 0 aromatic heterocycles. The van der Waals surface area contributed by atoms with E-state index in [1.165, 1.54) is 0 Å². The molecule has 1 amide bonds. The molecule has 1 heterocycles. The standard InChI is InChI=1S/C22H21NO5S/c1-13-17-11-15(5-8-18(17)23-22(13)27)20(25)12-28-21(26)10-9-19(24)14-3-6-16(29-2)7-4-14/h3-8,11,13H,9-10,12H2,1-2H3,(H,23,27)/t13-/m1/s1. The van der Waals surface area contributed by atoms with Gasteiger partial charge in [0, 0.05) is 28.1 Å². The first kappa shape index (κ1) is 20.8. The number of thioether (sulfide) groups is 1. The van der Waals surface area contributed by atoms with Crippen molar-refractivity contribution in [2.45, 2.75) is 30.6 Å². The Hall–Kier alpha value is -2.93. The second-order valence-electron chi connectivity index (χ2n) is 6.75. The largest absolute Gasteiger partial charge is 0.457 e. The van der Waals surface area contributed by atoms with Gasteiger partial charge in [-0.15, -0.1) is 11.8 Å². The smallest absolute Gasteiger partial charge is 0.306 e. The summed E-state index contributed by atoms with van der Waals surface area (Å²) in [4.78, 5) is 49.1. The number of Topliss-reactive ketones (excluding diaryl/α,β-unsaturated/α-hetero) is 2. The molecule has 1 aliphatic heterocycles. The predicted octanol–water partition coefficient (Wildman–Crippen LogP) is 3.85. The van der Waals surface area contributed by atoms with Gasteiger partial charge in [-0.25, -0.2) is 0 Å². The first-order valence-electron chi connectivity index (χ1n) is 9.20. The van der Waals surface area contributed by atoms with E-state index in [2.05, 4.69) is 5.32 Å². The number of rotatable bonds is 8. The number of amides is 1. The van der Waals surface area contributed by atoms with Crippen LogP contribution in [-0.4, -0.2) is 36.3 Å². The van der Waals surface area contributed by atoms with E-state index in [1.54, 1.807) is 49.0 Å². The molecule has 2 aromatic carbocycles. The highest BCUT2D eigenvalue weighted by molar-refractivity contribution is 7.98. The van der Waals surface area contributed by atoms with Crippen LogP contribution in [0.15, 0.2) is 47.4 Å². The molecule has 0 saturated heterocycles. The number of ketones is 2. The van der Waals surface area contributed by atoms with E-state index in [0.717, 1.165) is 10.5 Å². The van der Waals surface area contributed by atoms with Crippen molar-refractivity contribution in [2.24, 2.45) is 0 Å². The summed E-state index contributed by atoms with van der Waals surface area (Å²) in [6.45, 7) is 1.37. The van der Waals surface area contributed by atoms with Gasteiger partial charge < -0.3 is 10.1 Å². The zero-order chi connectivity index (χ0) is 21.0. The lowest BCUT2D eigenvalue weighted by Crippen LogP contribution is -2.15. The molecular weight excluding hydrogens is 390 g/mol. The number of anilines is 1. The average molecular weight is 411 g/mol. The first-order valence-corrected chi connectivity index (χ1v) is 10.4. The summed E-state index contributed by atoms with van der Waals surface area (Å²) < 4.78 is 5.02. The quantitative estimate of drug-likeness (QED) is 0.403. The molecule has 7 heteroatoms. The Kier molecular flexibility index (Phi) is 6.49. The molecule has 0 radical (unpaired) electrons. The number of ether oxygens (including phenoxy) is 1. The summed E-state index contributed by atoms with van der Waals surface area (Å²) in [5, 5.41) is 2.74. The molecule has 29 heavy (non-hydrogen) atoms. The fourth-order valence-corrected chi connectivity index (χ4v) is 3.44. The third-order valence-corrected chi connectivity index (χ3v) is 5.57. The van der Waals surface area contributed by atoms with Gasteiger partial charge in [-0.05, 0) is 49.1 Å². The van der Waals surface area contributed by atoms with Crippen molar-refractivity contribution in [1.29, 1.82) is 0 Å². The van der Waals surface area contributed by atoms with Crippen molar-refractivity contribution in [2.75, 3.05) is 18.2 Å². The highest BCUT2D eigenvalue weighted by Crippen LogP contribution is 2.32. The molecule has 0 aliphatic carbocycles. The number of carbonyl (C=O) groups excluding carboxylic acids is 4. The van der Waals surface area contributed by atoms with Gasteiger partial charge in [0.15, 0.2) is 18.2 Å². The third kappa shape index (κ3) is 4.92. The number of hydrogen-bond donors (Lipinski definition) is 1. The maximum absolute atomic E-state index is 12.3. The molecule has 0 unspecified atom stereocenters. The van der Waals surface area contributed by atoms with Crippen LogP contribution in [0, 0.1) is 0 Å². The Morgan fingerprint density at radius 2 is 1.69 bits per heavy atom. The van der Waals surface area contributed by atoms with Gasteiger partial charge in [-0.3, -0.25) is 19.2 Å². The van der Waals surface area contributed by atoms with Crippen molar-refractivity contribution < 1.29 is 23.9 Å². The van der Waals surface area contributed by atoms with Gasteiger partial charge >= 0.3 is 5.97 Å². The minimum Gasteiger partial charge on any atom is -0.457 e. The van der Waals surface area contributed by atoms with Crippen LogP contribution in [0.4, 0.5) is 5.69 Å². The van der Waals surface area contributed by atoms with Crippen LogP contribution >= 0.6 is 11.8 Å². The minimum atomic E-state index is -0.598. The first-order chi connectivity index (χ1) is 13.9. The Labute approximate surface area is 173 Å². The summed E-state index contributed by atoms with van der Waals surface area (Å²) >= 11 is 1.58. The average Bonchev–Trinajstić information content (AvgIpc) is 3.03. The number of benzene rings is 2. The van der Waals surface area contributed by atoms with E-state index in [0.29, 0.717) is 16.8 Å². The van der Waals surface area contributed by atoms with Crippen LogP contribution in [0.2, 0.25) is 0 Å². The van der Waals surface area contributed by atoms with Crippen LogP contribution in [-0.2, 0) is 14.3 Å². The van der Waals surface area contributed by atoms with Crippen molar-refractivity contribution in [3.63, 3.8) is 0 Å². The molecule has 0 fully saturated rings. The summed E-state index contributed by atoms with van der Waals surface area (Å²) in [5.74, 6) is -1.53. The lowest BCUT2D eigenvalue weighted by atomic mass is 9.99. The molecule has 0 spiro atoms. The van der Waals surface area contributed by atoms with E-state index in [-0.39, 0.29) is 36.2 Å². The predicted molar refractivity (Wildman–Crippen MR) is 111 cm³/mol. The van der Waals surface area contributed by atoms with Crippen molar-refractivity contribution in [3.8, 4) is 0 Å². The van der Waals surface area contributed by atoms with Crippen molar-refractivity contribution >= 4 is 40.9 Å². The number of carbonyl (C=O) groups is 4. The maximum Gasteiger partial charge on any atom is 0.306 e. The maximum atomic E-state index is 12.3. The number of esters is 1. The summed E-state index contributed by atoms with van der Waals surface area (Å²) in [6.07, 6.45) is 1.89. The van der Waals surface area contributed by atoms with Crippen LogP contribution in [0.25, 0.3) is 0 Å². The van der Waals surface area contributed by atoms with E-state index in [9.17, 15) is 19.2 Å². The highest BCUT2D eigenvalue weighted by atomic mass is 32.2. The molecule has 0 saturated carbocycles. The Balaban J connectivity index is 1.48. The summed E-state index contributed by atoms with van der Waals surface area (Å²) in [7, 11) is 0. The van der Waals surface area contributed by atoms with Crippen LogP contribution in [0.1, 0.15) is 52.0 Å². The lowest BCUT2D eigenvalue weighted by Gasteiger charge is -2.07. The molecule has 1 aliphatic rings. The molecule has 150 valence electrons. The monoisotopic (exact) mass is 411 g/mol. The second-order valence-corrected chi connectivity index (χ2v) is 7.63. The van der Waals surface area contributed by atoms with Gasteiger partial charge in [0.1, 0.15) is 0 Å². The minimum absolute atomic E-state index is 0.0236. The number of hydrogen-bond acceptors (Lipinski definition) is 6. The Bertz CT molecular complexity index is 968. The van der Waals surface area contributed by atoms with Gasteiger partial charge in [0.2, 0.25) is 5.91 Å². The Morgan fingerprint density at radius 1 is 1.00 bits per heavy atom. The normalized spacial score (nSPS) is 14.8. The van der Waals surface area contributed by atoms with Crippen molar-refractivity contribution in [1.82, 2.24) is 0 Å². The molecule has 2 aromatic rings. The molecular formula is C22H21NO5S. The molecule has 0 bridgehead atoms. The van der Waals surface area contributed by atoms with Crippen molar-refractivity contribution in [3.05, 3.63) is 59.2 Å². The van der Waals surface area contributed by atoms with E-state index in [4.69, 9.17) is 4.74 Å². The fourth-order valence-electron chi connectivity index (χ4n) is 3.03. The second kappa shape index (κ2) is 9.05. The molecule has 6 nitrogen and oxygen atoms in total. The zero-order valence-electron chi connectivity index (χ0n) is 16.2. The summed E-state index contributed by atoms with van der Waals surface area (Å²) in [5.41, 5.74) is 2.37. The van der Waals surface area contributed by atoms with Gasteiger partial charge in [0.05, 0.1) is 12.3 Å². The van der Waals surface area contributed by atoms with E-state index < -0.39 is 12.6 Å². The topological polar surface area (TPSA) is 89.5 Å². The fraction of sp³-hybridized carbons (Fsp3) is 0.273. The van der Waals surface area contributed by atoms with Gasteiger partial charge in [-0.2, -0.15) is 0 Å². The number of nitrogens with one attached hydrogen (secondary N) is 1. The SMILES string of the molecule is CSc1ccc(C(=O)CCC(=O)OCC(=O)c2ccc3c(c2)[C@@H](C)C(=O)N3)cc1. The number of fused-ring (bicyclic) bond motifs is 1. The molecule has 1 N–H and O–H groups in total. The lowest BCUT2D eigenvalue weighted by molar-refractivity contribution is -0.142. The Morgan fingerprint density at radius 3 is 2.38 bits per heavy atom. The van der Waals surface area contributed by atoms with Crippen LogP contribution in [0.3, 0.4) is 0 Å². The molecule has 3 rings (SSSR count).